The summed E-state index contributed by atoms with van der Waals surface area (Å²) in [6.07, 6.45) is 1.76. The molecular weight excluding hydrogens is 188 g/mol. The number of amides is 2. The summed E-state index contributed by atoms with van der Waals surface area (Å²) in [6, 6.07) is 1.25. The minimum atomic E-state index is -0.640. The van der Waals surface area contributed by atoms with Crippen molar-refractivity contribution in [3.05, 3.63) is 28.5 Å². The zero-order valence-corrected chi connectivity index (χ0v) is 7.89. The summed E-state index contributed by atoms with van der Waals surface area (Å²) in [7, 11) is 0. The predicted molar refractivity (Wildman–Crippen MR) is 51.4 cm³/mol. The van der Waals surface area contributed by atoms with Gasteiger partial charge in [-0.2, -0.15) is 11.3 Å². The number of rotatable bonds is 2. The van der Waals surface area contributed by atoms with Gasteiger partial charge in [0.2, 0.25) is 0 Å². The molecule has 2 amide bonds. The summed E-state index contributed by atoms with van der Waals surface area (Å²) in [5, 5.41) is 14.6. The van der Waals surface area contributed by atoms with E-state index in [1.54, 1.807) is 17.4 Å². The predicted octanol–water partition coefficient (Wildman–Crippen LogP) is 1.80. The van der Waals surface area contributed by atoms with E-state index in [4.69, 9.17) is 5.21 Å². The molecule has 0 spiro atoms. The fraction of sp³-hybridized carbons (Fsp3) is 0.125. The maximum atomic E-state index is 10.8. The molecule has 4 nitrogen and oxygen atoms in total. The Kier molecular flexibility index (Phi) is 3.48. The van der Waals surface area contributed by atoms with Crippen LogP contribution < -0.4 is 10.8 Å². The Balaban J connectivity index is 2.71. The Labute approximate surface area is 79.9 Å². The lowest BCUT2D eigenvalue weighted by atomic mass is 10.2. The molecule has 0 radical (unpaired) electrons. The Morgan fingerprint density at radius 2 is 2.46 bits per heavy atom. The third-order valence-electron chi connectivity index (χ3n) is 1.47. The first kappa shape index (κ1) is 9.76. The van der Waals surface area contributed by atoms with Gasteiger partial charge in [-0.1, -0.05) is 6.08 Å². The lowest BCUT2D eigenvalue weighted by Crippen LogP contribution is -2.31. The highest BCUT2D eigenvalue weighted by molar-refractivity contribution is 7.08. The molecular formula is C8H10N2O2S. The molecule has 1 rings (SSSR count). The average molecular weight is 198 g/mol. The molecule has 0 atom stereocenters. The Morgan fingerprint density at radius 1 is 1.69 bits per heavy atom. The van der Waals surface area contributed by atoms with Crippen LogP contribution in [0.5, 0.6) is 0 Å². The van der Waals surface area contributed by atoms with E-state index in [2.05, 4.69) is 5.32 Å². The van der Waals surface area contributed by atoms with Crippen LogP contribution in [0.3, 0.4) is 0 Å². The first-order valence-corrected chi connectivity index (χ1v) is 4.62. The molecule has 70 valence electrons. The largest absolute Gasteiger partial charge is 0.342 e. The normalized spacial score (nSPS) is 11.1. The van der Waals surface area contributed by atoms with Gasteiger partial charge in [0.25, 0.3) is 0 Å². The van der Waals surface area contributed by atoms with Crippen molar-refractivity contribution in [1.29, 1.82) is 0 Å². The number of carbonyl (C=O) groups excluding carboxylic acids is 1. The fourth-order valence-corrected chi connectivity index (χ4v) is 1.53. The van der Waals surface area contributed by atoms with Gasteiger partial charge in [0.15, 0.2) is 0 Å². The fourth-order valence-electron chi connectivity index (χ4n) is 0.879. The van der Waals surface area contributed by atoms with Gasteiger partial charge < -0.3 is 5.32 Å². The number of thiophene rings is 1. The highest BCUT2D eigenvalue weighted by Crippen LogP contribution is 2.14. The maximum Gasteiger partial charge on any atom is 0.342 e. The van der Waals surface area contributed by atoms with Crippen LogP contribution in [-0.4, -0.2) is 11.2 Å². The van der Waals surface area contributed by atoms with E-state index >= 15 is 0 Å². The van der Waals surface area contributed by atoms with Gasteiger partial charge in [-0.05, 0) is 18.4 Å². The van der Waals surface area contributed by atoms with Crippen LogP contribution in [0, 0.1) is 0 Å². The van der Waals surface area contributed by atoms with E-state index in [0.717, 1.165) is 5.56 Å². The lowest BCUT2D eigenvalue weighted by Gasteiger charge is -2.05. The molecule has 13 heavy (non-hydrogen) atoms. The molecule has 1 aromatic heterocycles. The van der Waals surface area contributed by atoms with Crippen molar-refractivity contribution in [2.45, 2.75) is 6.92 Å². The van der Waals surface area contributed by atoms with Crippen molar-refractivity contribution in [3.63, 3.8) is 0 Å². The summed E-state index contributed by atoms with van der Waals surface area (Å²) in [4.78, 5) is 10.8. The number of nitrogens with one attached hydrogen (secondary N) is 2. The quantitative estimate of drug-likeness (QED) is 0.501. The van der Waals surface area contributed by atoms with Crippen molar-refractivity contribution < 1.29 is 10.0 Å². The average Bonchev–Trinajstić information content (AvgIpc) is 2.66. The number of allylic oxidation sites excluding steroid dienone is 1. The second-order valence-electron chi connectivity index (χ2n) is 2.28. The molecule has 0 saturated carbocycles. The van der Waals surface area contributed by atoms with E-state index in [9.17, 15) is 4.79 Å². The molecule has 0 aliphatic carbocycles. The molecule has 0 saturated heterocycles. The number of hydroxylamine groups is 1. The molecule has 0 aliphatic rings. The van der Waals surface area contributed by atoms with Gasteiger partial charge in [-0.15, -0.1) is 0 Å². The zero-order valence-electron chi connectivity index (χ0n) is 7.07. The summed E-state index contributed by atoms with van der Waals surface area (Å²) in [5.74, 6) is 0. The minimum Gasteiger partial charge on any atom is -0.306 e. The van der Waals surface area contributed by atoms with Crippen LogP contribution in [0.4, 0.5) is 4.79 Å². The third-order valence-corrected chi connectivity index (χ3v) is 2.15. The number of hydrogen-bond acceptors (Lipinski definition) is 3. The highest BCUT2D eigenvalue weighted by atomic mass is 32.1. The van der Waals surface area contributed by atoms with Crippen molar-refractivity contribution in [1.82, 2.24) is 10.8 Å². The second-order valence-corrected chi connectivity index (χ2v) is 3.06. The van der Waals surface area contributed by atoms with E-state index < -0.39 is 6.03 Å². The molecule has 1 heterocycles. The minimum absolute atomic E-state index is 0.640. The van der Waals surface area contributed by atoms with E-state index in [1.807, 2.05) is 23.8 Å². The summed E-state index contributed by atoms with van der Waals surface area (Å²) in [5.41, 5.74) is 3.11. The molecule has 3 N–H and O–H groups in total. The van der Waals surface area contributed by atoms with E-state index in [-0.39, 0.29) is 0 Å². The van der Waals surface area contributed by atoms with Crippen LogP contribution in [0.25, 0.3) is 5.70 Å². The van der Waals surface area contributed by atoms with Crippen LogP contribution in [0.15, 0.2) is 22.9 Å². The van der Waals surface area contributed by atoms with Gasteiger partial charge in [0.05, 0.1) is 0 Å². The first-order valence-electron chi connectivity index (χ1n) is 3.68. The van der Waals surface area contributed by atoms with Crippen LogP contribution in [0.2, 0.25) is 0 Å². The van der Waals surface area contributed by atoms with Crippen LogP contribution >= 0.6 is 11.3 Å². The lowest BCUT2D eigenvalue weighted by molar-refractivity contribution is 0.165. The van der Waals surface area contributed by atoms with Crippen LogP contribution in [-0.2, 0) is 0 Å². The molecule has 0 bridgehead atoms. The number of urea groups is 1. The summed E-state index contributed by atoms with van der Waals surface area (Å²) in [6.45, 7) is 1.81. The van der Waals surface area contributed by atoms with Gasteiger partial charge in [-0.25, -0.2) is 10.3 Å². The van der Waals surface area contributed by atoms with E-state index in [0.29, 0.717) is 5.70 Å². The second kappa shape index (κ2) is 4.64. The van der Waals surface area contributed by atoms with Crippen molar-refractivity contribution in [2.24, 2.45) is 0 Å². The number of hydrogen-bond donors (Lipinski definition) is 3. The first-order chi connectivity index (χ1) is 6.27. The topological polar surface area (TPSA) is 61.4 Å². The molecule has 0 aromatic carbocycles. The van der Waals surface area contributed by atoms with Gasteiger partial charge in [0, 0.05) is 16.6 Å². The molecule has 1 aromatic rings. The van der Waals surface area contributed by atoms with Gasteiger partial charge >= 0.3 is 6.03 Å². The third kappa shape index (κ3) is 2.57. The van der Waals surface area contributed by atoms with Crippen molar-refractivity contribution in [3.8, 4) is 0 Å². The van der Waals surface area contributed by atoms with E-state index in [1.165, 1.54) is 5.48 Å². The Bertz CT molecular complexity index is 306. The molecule has 0 unspecified atom stereocenters. The van der Waals surface area contributed by atoms with Gasteiger partial charge in [0.1, 0.15) is 0 Å². The van der Waals surface area contributed by atoms with Crippen LogP contribution in [0.1, 0.15) is 12.5 Å². The molecule has 0 aliphatic heterocycles. The summed E-state index contributed by atoms with van der Waals surface area (Å²) >= 11 is 1.54. The van der Waals surface area contributed by atoms with Crippen molar-refractivity contribution >= 4 is 23.1 Å². The zero-order chi connectivity index (χ0) is 9.68. The number of carbonyl (C=O) groups is 1. The van der Waals surface area contributed by atoms with Crippen molar-refractivity contribution in [2.75, 3.05) is 0 Å². The SMILES string of the molecule is CC=C(NC(=O)NO)c1ccsc1. The monoisotopic (exact) mass is 198 g/mol. The molecule has 0 fully saturated rings. The summed E-state index contributed by atoms with van der Waals surface area (Å²) < 4.78 is 0. The van der Waals surface area contributed by atoms with Gasteiger partial charge in [-0.3, -0.25) is 5.21 Å². The molecule has 5 heteroatoms. The standard InChI is InChI=1S/C8H10N2O2S/c1-2-7(9-8(11)10-12)6-3-4-13-5-6/h2-5,12H,1H3,(H2,9,10,11). The smallest absolute Gasteiger partial charge is 0.306 e. The maximum absolute atomic E-state index is 10.8. The Hall–Kier alpha value is -1.33. The Morgan fingerprint density at radius 3 is 2.92 bits per heavy atom. The highest BCUT2D eigenvalue weighted by Gasteiger charge is 2.04.